The Hall–Kier alpha value is -4.78. The van der Waals surface area contributed by atoms with Crippen molar-refractivity contribution in [3.63, 3.8) is 0 Å². The molecule has 6 atom stereocenters. The first kappa shape index (κ1) is 44.4. The summed E-state index contributed by atoms with van der Waals surface area (Å²) in [7, 11) is -7.10. The lowest BCUT2D eigenvalue weighted by Crippen LogP contribution is -2.27. The van der Waals surface area contributed by atoms with Gasteiger partial charge in [-0.25, -0.2) is 46.7 Å². The molecule has 16 nitrogen and oxygen atoms in total. The van der Waals surface area contributed by atoms with Gasteiger partial charge in [0.05, 0.1) is 20.5 Å². The molecule has 6 heterocycles. The molecule has 10 rings (SSSR count). The second-order valence-electron chi connectivity index (χ2n) is 18.2. The van der Waals surface area contributed by atoms with Gasteiger partial charge < -0.3 is 9.13 Å². The third-order valence-corrected chi connectivity index (χ3v) is 18.6. The summed E-state index contributed by atoms with van der Waals surface area (Å²) in [6.45, 7) is 10.9. The molecule has 0 saturated heterocycles. The van der Waals surface area contributed by atoms with E-state index in [1.165, 1.54) is 50.5 Å². The van der Waals surface area contributed by atoms with Crippen LogP contribution in [0.1, 0.15) is 125 Å². The molecule has 4 aliphatic carbocycles. The SMILES string of the molecule is Cc1cccc(-c2nnc(CS(=O)(=O)[C@@H](C)[C@H](C)c3ncc(Cl)cn3)n2C2CC23CC3)n1.Cc1cccc(-c2nnc(CS(=O)(=O)[C@@H](C)[C@H](C)c3ncc(Cl)cn3)n2C2CC23CC3)n1. The molecule has 0 aromatic carbocycles. The fraction of sp³-hybridized carbons (Fsp3) is 0.500. The Bertz CT molecular complexity index is 2740. The molecular weight excluding hydrogens is 896 g/mol. The van der Waals surface area contributed by atoms with Gasteiger partial charge in [-0.3, -0.25) is 0 Å². The van der Waals surface area contributed by atoms with E-state index in [1.54, 1.807) is 13.8 Å². The first-order valence-electron chi connectivity index (χ1n) is 21.5. The fourth-order valence-electron chi connectivity index (χ4n) is 8.74. The summed E-state index contributed by atoms with van der Waals surface area (Å²) in [5.41, 5.74) is 3.81. The number of sulfone groups is 2. The minimum absolute atomic E-state index is 0.183. The Balaban J connectivity index is 0.000000162. The molecule has 6 aromatic rings. The first-order valence-corrected chi connectivity index (χ1v) is 25.7. The lowest BCUT2D eigenvalue weighted by molar-refractivity contribution is 0.555. The molecule has 4 fully saturated rings. The van der Waals surface area contributed by atoms with Crippen molar-refractivity contribution in [2.24, 2.45) is 10.8 Å². The Morgan fingerprint density at radius 3 is 1.27 bits per heavy atom. The quantitative estimate of drug-likeness (QED) is 0.102. The van der Waals surface area contributed by atoms with Gasteiger partial charge in [-0.15, -0.1) is 20.4 Å². The van der Waals surface area contributed by atoms with Crippen LogP contribution in [0.15, 0.2) is 61.2 Å². The third kappa shape index (κ3) is 8.82. The number of nitrogens with zero attached hydrogens (tertiary/aromatic N) is 12. The highest BCUT2D eigenvalue weighted by atomic mass is 35.5. The maximum Gasteiger partial charge on any atom is 0.182 e. The van der Waals surface area contributed by atoms with Crippen molar-refractivity contribution in [2.75, 3.05) is 0 Å². The van der Waals surface area contributed by atoms with Gasteiger partial charge in [-0.2, -0.15) is 0 Å². The molecule has 0 radical (unpaired) electrons. The zero-order chi connectivity index (χ0) is 45.3. The van der Waals surface area contributed by atoms with E-state index in [0.717, 1.165) is 35.6 Å². The summed E-state index contributed by atoms with van der Waals surface area (Å²) >= 11 is 11.7. The molecule has 64 heavy (non-hydrogen) atoms. The summed E-state index contributed by atoms with van der Waals surface area (Å²) in [5, 5.41) is 16.9. The van der Waals surface area contributed by atoms with E-state index in [2.05, 4.69) is 50.3 Å². The van der Waals surface area contributed by atoms with Gasteiger partial charge in [0.15, 0.2) is 31.3 Å². The summed E-state index contributed by atoms with van der Waals surface area (Å²) in [6, 6.07) is 12.0. The van der Waals surface area contributed by atoms with E-state index < -0.39 is 30.2 Å². The van der Waals surface area contributed by atoms with Crippen molar-refractivity contribution in [3.8, 4) is 23.0 Å². The van der Waals surface area contributed by atoms with Crippen molar-refractivity contribution in [3.05, 3.63) is 106 Å². The Morgan fingerprint density at radius 2 is 0.953 bits per heavy atom. The van der Waals surface area contributed by atoms with Gasteiger partial charge in [0.1, 0.15) is 46.2 Å². The molecule has 0 aliphatic heterocycles. The van der Waals surface area contributed by atoms with Gasteiger partial charge in [0, 0.05) is 60.1 Å². The number of aryl methyl sites for hydroxylation is 2. The van der Waals surface area contributed by atoms with Crippen LogP contribution in [0.2, 0.25) is 10.0 Å². The lowest BCUT2D eigenvalue weighted by atomic mass is 10.1. The van der Waals surface area contributed by atoms with E-state index in [0.29, 0.717) is 55.8 Å². The number of hydrogen-bond donors (Lipinski definition) is 0. The van der Waals surface area contributed by atoms with Gasteiger partial charge in [0.25, 0.3) is 0 Å². The highest BCUT2D eigenvalue weighted by Crippen LogP contribution is 2.74. The first-order chi connectivity index (χ1) is 30.4. The van der Waals surface area contributed by atoms with Crippen LogP contribution in [0.4, 0.5) is 0 Å². The van der Waals surface area contributed by atoms with E-state index >= 15 is 0 Å². The molecular formula is C44H50Cl2N12O4S2. The van der Waals surface area contributed by atoms with E-state index in [1.807, 2.05) is 73.2 Å². The van der Waals surface area contributed by atoms with E-state index in [4.69, 9.17) is 23.2 Å². The van der Waals surface area contributed by atoms with Crippen LogP contribution in [0.25, 0.3) is 23.0 Å². The molecule has 4 saturated carbocycles. The zero-order valence-corrected chi connectivity index (χ0v) is 39.6. The summed E-state index contributed by atoms with van der Waals surface area (Å²) in [6.07, 6.45) is 12.7. The molecule has 2 unspecified atom stereocenters. The number of rotatable bonds is 14. The van der Waals surface area contributed by atoms with Crippen molar-refractivity contribution >= 4 is 42.9 Å². The smallest absolute Gasteiger partial charge is 0.182 e. The predicted octanol–water partition coefficient (Wildman–Crippen LogP) is 7.85. The number of pyridine rings is 2. The third-order valence-electron chi connectivity index (χ3n) is 13.8. The monoisotopic (exact) mass is 944 g/mol. The maximum atomic E-state index is 13.4. The van der Waals surface area contributed by atoms with Gasteiger partial charge in [-0.1, -0.05) is 49.2 Å². The summed E-state index contributed by atoms with van der Waals surface area (Å²) < 4.78 is 57.6. The summed E-state index contributed by atoms with van der Waals surface area (Å²) in [5.74, 6) is 2.02. The maximum absolute atomic E-state index is 13.4. The van der Waals surface area contributed by atoms with Crippen LogP contribution in [-0.2, 0) is 31.2 Å². The number of aromatic nitrogens is 12. The molecule has 2 spiro atoms. The molecule has 0 bridgehead atoms. The largest absolute Gasteiger partial charge is 0.305 e. The number of hydrogen-bond acceptors (Lipinski definition) is 14. The van der Waals surface area contributed by atoms with Crippen molar-refractivity contribution in [1.82, 2.24) is 59.4 Å². The zero-order valence-electron chi connectivity index (χ0n) is 36.5. The average molecular weight is 946 g/mol. The van der Waals surface area contributed by atoms with Crippen LogP contribution in [-0.4, -0.2) is 86.8 Å². The lowest BCUT2D eigenvalue weighted by Gasteiger charge is -2.19. The summed E-state index contributed by atoms with van der Waals surface area (Å²) in [4.78, 5) is 26.0. The predicted molar refractivity (Wildman–Crippen MR) is 242 cm³/mol. The van der Waals surface area contributed by atoms with Gasteiger partial charge >= 0.3 is 0 Å². The second kappa shape index (κ2) is 16.6. The molecule has 0 amide bonds. The minimum Gasteiger partial charge on any atom is -0.305 e. The van der Waals surface area contributed by atoms with Crippen molar-refractivity contribution in [2.45, 2.75) is 126 Å². The van der Waals surface area contributed by atoms with Crippen molar-refractivity contribution < 1.29 is 16.8 Å². The normalized spacial score (nSPS) is 20.8. The molecule has 6 aromatic heterocycles. The van der Waals surface area contributed by atoms with E-state index in [-0.39, 0.29) is 35.4 Å². The second-order valence-corrected chi connectivity index (χ2v) is 23.8. The fourth-order valence-corrected chi connectivity index (χ4v) is 12.1. The van der Waals surface area contributed by atoms with Crippen LogP contribution in [0.3, 0.4) is 0 Å². The van der Waals surface area contributed by atoms with Crippen LogP contribution < -0.4 is 0 Å². The van der Waals surface area contributed by atoms with Gasteiger partial charge in [-0.05, 0) is 101 Å². The van der Waals surface area contributed by atoms with Crippen molar-refractivity contribution in [1.29, 1.82) is 0 Å². The standard InChI is InChI=1S/2C22H25ClN6O2S/c2*1-13-5-4-6-17(26-13)21-28-27-19(29(21)18-9-22(18)7-8-22)12-32(30,31)15(3)14(2)20-24-10-16(23)11-25-20/h2*4-6,10-11,14-15,18H,7-9,12H2,1-3H3/t2*14-,15-,18?/m00/s1. The Labute approximate surface area is 383 Å². The highest BCUT2D eigenvalue weighted by Gasteiger charge is 2.65. The average Bonchev–Trinajstić information content (AvgIpc) is 4.23. The van der Waals surface area contributed by atoms with E-state index in [9.17, 15) is 16.8 Å². The Morgan fingerprint density at radius 1 is 0.594 bits per heavy atom. The molecule has 336 valence electrons. The Kier molecular flexibility index (Phi) is 11.5. The van der Waals surface area contributed by atoms with Gasteiger partial charge in [0.2, 0.25) is 0 Å². The minimum atomic E-state index is -3.55. The molecule has 0 N–H and O–H groups in total. The van der Waals surface area contributed by atoms with Crippen LogP contribution in [0, 0.1) is 24.7 Å². The van der Waals surface area contributed by atoms with Crippen LogP contribution in [0.5, 0.6) is 0 Å². The topological polar surface area (TPSA) is 207 Å². The molecule has 4 aliphatic rings. The molecule has 20 heteroatoms. The number of halogens is 2. The highest BCUT2D eigenvalue weighted by molar-refractivity contribution is 7.91. The van der Waals surface area contributed by atoms with Crippen LogP contribution >= 0.6 is 23.2 Å².